The van der Waals surface area contributed by atoms with Crippen LogP contribution < -0.4 is 0 Å². The van der Waals surface area contributed by atoms with E-state index in [4.69, 9.17) is 4.98 Å². The molecule has 5 rings (SSSR count). The Kier molecular flexibility index (Phi) is 4.80. The summed E-state index contributed by atoms with van der Waals surface area (Å²) in [5.41, 5.74) is 5.16. The van der Waals surface area contributed by atoms with Crippen LogP contribution in [0.25, 0.3) is 22.6 Å². The van der Waals surface area contributed by atoms with Crippen molar-refractivity contribution in [3.05, 3.63) is 89.4 Å². The molecule has 30 heavy (non-hydrogen) atoms. The average molecular weight is 403 g/mol. The van der Waals surface area contributed by atoms with Crippen LogP contribution in [0.3, 0.4) is 0 Å². The molecule has 1 aliphatic rings. The van der Waals surface area contributed by atoms with E-state index in [0.717, 1.165) is 47.2 Å². The average Bonchev–Trinajstić information content (AvgIpc) is 3.21. The maximum atomic E-state index is 13.6. The van der Waals surface area contributed by atoms with E-state index >= 15 is 0 Å². The third kappa shape index (κ3) is 3.71. The zero-order valence-corrected chi connectivity index (χ0v) is 16.1. The normalized spacial score (nSPS) is 13.9. The Hall–Kier alpha value is -3.45. The van der Waals surface area contributed by atoms with Gasteiger partial charge < -0.3 is 0 Å². The Morgan fingerprint density at radius 3 is 2.57 bits per heavy atom. The first-order valence-corrected chi connectivity index (χ1v) is 9.77. The molecule has 0 radical (unpaired) electrons. The molecule has 5 nitrogen and oxygen atoms in total. The first-order chi connectivity index (χ1) is 14.7. The molecule has 0 fully saturated rings. The molecular formula is C23H19F2N5. The molecule has 0 aliphatic carbocycles. The lowest BCUT2D eigenvalue weighted by atomic mass is 10.0. The first-order valence-electron chi connectivity index (χ1n) is 9.77. The van der Waals surface area contributed by atoms with E-state index in [9.17, 15) is 8.78 Å². The predicted octanol–water partition coefficient (Wildman–Crippen LogP) is 4.37. The summed E-state index contributed by atoms with van der Waals surface area (Å²) >= 11 is 0. The van der Waals surface area contributed by atoms with Crippen molar-refractivity contribution in [3.63, 3.8) is 0 Å². The summed E-state index contributed by atoms with van der Waals surface area (Å²) in [6, 6.07) is 13.4. The van der Waals surface area contributed by atoms with Crippen LogP contribution in [-0.2, 0) is 19.5 Å². The summed E-state index contributed by atoms with van der Waals surface area (Å²) in [5.74, 6) is -0.472. The highest BCUT2D eigenvalue weighted by molar-refractivity contribution is 5.62. The fourth-order valence-corrected chi connectivity index (χ4v) is 3.86. The van der Waals surface area contributed by atoms with Gasteiger partial charge in [0.2, 0.25) is 0 Å². The second-order valence-corrected chi connectivity index (χ2v) is 7.42. The van der Waals surface area contributed by atoms with E-state index in [0.29, 0.717) is 24.3 Å². The number of nitrogens with zero attached hydrogens (tertiary/aromatic N) is 4. The highest BCUT2D eigenvalue weighted by atomic mass is 19.1. The number of hydrogen-bond acceptors (Lipinski definition) is 4. The fraction of sp³-hybridized carbons (Fsp3) is 0.174. The van der Waals surface area contributed by atoms with E-state index in [2.05, 4.69) is 20.1 Å². The number of halogens is 2. The van der Waals surface area contributed by atoms with E-state index in [1.54, 1.807) is 6.20 Å². The van der Waals surface area contributed by atoms with Crippen LogP contribution in [0.5, 0.6) is 0 Å². The highest BCUT2D eigenvalue weighted by Gasteiger charge is 2.21. The van der Waals surface area contributed by atoms with Gasteiger partial charge in [0.1, 0.15) is 11.6 Å². The standard InChI is InChI=1S/C23H19F2N5/c24-19-8-16(9-20(25)10-19)22-18(12-27-29-22)14-30-7-6-21-17(13-30)11-26-23(28-21)15-4-2-1-3-5-15/h1-5,8-12H,6-7,13-14H2,(H,27,29). The third-order valence-corrected chi connectivity index (χ3v) is 5.31. The highest BCUT2D eigenvalue weighted by Crippen LogP contribution is 2.27. The van der Waals surface area contributed by atoms with Gasteiger partial charge in [0.15, 0.2) is 5.82 Å². The molecule has 0 atom stereocenters. The minimum absolute atomic E-state index is 0.452. The van der Waals surface area contributed by atoms with Gasteiger partial charge in [0.25, 0.3) is 0 Å². The summed E-state index contributed by atoms with van der Waals surface area (Å²) in [6.07, 6.45) is 4.43. The Bertz CT molecular complexity index is 1170. The molecule has 4 aromatic rings. The lowest BCUT2D eigenvalue weighted by Crippen LogP contribution is -2.31. The summed E-state index contributed by atoms with van der Waals surface area (Å²) in [5, 5.41) is 6.97. The van der Waals surface area contributed by atoms with Crippen molar-refractivity contribution in [2.75, 3.05) is 6.54 Å². The zero-order chi connectivity index (χ0) is 20.5. The van der Waals surface area contributed by atoms with Gasteiger partial charge in [-0.1, -0.05) is 30.3 Å². The summed E-state index contributed by atoms with van der Waals surface area (Å²) < 4.78 is 27.3. The van der Waals surface area contributed by atoms with E-state index in [1.807, 2.05) is 36.5 Å². The molecule has 2 aromatic carbocycles. The molecule has 0 saturated heterocycles. The van der Waals surface area contributed by atoms with Gasteiger partial charge in [-0.05, 0) is 12.1 Å². The minimum atomic E-state index is -0.608. The largest absolute Gasteiger partial charge is 0.294 e. The Balaban J connectivity index is 1.35. The van der Waals surface area contributed by atoms with Gasteiger partial charge in [-0.2, -0.15) is 5.10 Å². The Morgan fingerprint density at radius 2 is 1.77 bits per heavy atom. The van der Waals surface area contributed by atoms with Crippen molar-refractivity contribution in [2.45, 2.75) is 19.5 Å². The molecular weight excluding hydrogens is 384 g/mol. The lowest BCUT2D eigenvalue weighted by molar-refractivity contribution is 0.243. The van der Waals surface area contributed by atoms with E-state index < -0.39 is 11.6 Å². The number of aromatic nitrogens is 4. The first kappa shape index (κ1) is 18.6. The van der Waals surface area contributed by atoms with Crippen molar-refractivity contribution < 1.29 is 8.78 Å². The molecule has 3 heterocycles. The Morgan fingerprint density at radius 1 is 0.967 bits per heavy atom. The van der Waals surface area contributed by atoms with Crippen molar-refractivity contribution in [2.24, 2.45) is 0 Å². The van der Waals surface area contributed by atoms with Crippen LogP contribution in [-0.4, -0.2) is 31.6 Å². The van der Waals surface area contributed by atoms with Gasteiger partial charge in [-0.3, -0.25) is 10.00 Å². The third-order valence-electron chi connectivity index (χ3n) is 5.31. The second-order valence-electron chi connectivity index (χ2n) is 7.42. The molecule has 1 N–H and O–H groups in total. The molecule has 0 unspecified atom stereocenters. The van der Waals surface area contributed by atoms with Gasteiger partial charge in [-0.15, -0.1) is 0 Å². The van der Waals surface area contributed by atoms with Crippen LogP contribution in [0.1, 0.15) is 16.8 Å². The predicted molar refractivity (Wildman–Crippen MR) is 109 cm³/mol. The SMILES string of the molecule is Fc1cc(F)cc(-c2[nH]ncc2CN2CCc3nc(-c4ccccc4)ncc3C2)c1. The second kappa shape index (κ2) is 7.76. The number of hydrogen-bond donors (Lipinski definition) is 1. The molecule has 2 aromatic heterocycles. The summed E-state index contributed by atoms with van der Waals surface area (Å²) in [7, 11) is 0. The van der Waals surface area contributed by atoms with Gasteiger partial charge in [-0.25, -0.2) is 18.7 Å². The molecule has 0 spiro atoms. The van der Waals surface area contributed by atoms with Gasteiger partial charge >= 0.3 is 0 Å². The fourth-order valence-electron chi connectivity index (χ4n) is 3.86. The minimum Gasteiger partial charge on any atom is -0.294 e. The molecule has 7 heteroatoms. The van der Waals surface area contributed by atoms with Crippen molar-refractivity contribution in [1.82, 2.24) is 25.1 Å². The lowest BCUT2D eigenvalue weighted by Gasteiger charge is -2.28. The van der Waals surface area contributed by atoms with E-state index in [1.165, 1.54) is 12.1 Å². The van der Waals surface area contributed by atoms with Crippen molar-refractivity contribution in [3.8, 4) is 22.6 Å². The maximum Gasteiger partial charge on any atom is 0.159 e. The van der Waals surface area contributed by atoms with Crippen molar-refractivity contribution >= 4 is 0 Å². The number of fused-ring (bicyclic) bond motifs is 1. The molecule has 150 valence electrons. The van der Waals surface area contributed by atoms with Crippen molar-refractivity contribution in [1.29, 1.82) is 0 Å². The number of H-pyrrole nitrogens is 1. The van der Waals surface area contributed by atoms with Crippen LogP contribution in [0.15, 0.2) is 60.9 Å². The molecule has 0 amide bonds. The topological polar surface area (TPSA) is 57.7 Å². The quantitative estimate of drug-likeness (QED) is 0.550. The van der Waals surface area contributed by atoms with Gasteiger partial charge in [0.05, 0.1) is 17.6 Å². The van der Waals surface area contributed by atoms with Crippen LogP contribution >= 0.6 is 0 Å². The number of nitrogens with one attached hydrogen (secondary N) is 1. The van der Waals surface area contributed by atoms with E-state index in [-0.39, 0.29) is 0 Å². The Labute approximate surface area is 172 Å². The number of aromatic amines is 1. The molecule has 0 bridgehead atoms. The van der Waals surface area contributed by atoms with Crippen LogP contribution in [0, 0.1) is 11.6 Å². The summed E-state index contributed by atoms with van der Waals surface area (Å²) in [6.45, 7) is 2.16. The van der Waals surface area contributed by atoms with Gasteiger partial charge in [0, 0.05) is 60.6 Å². The molecule has 0 saturated carbocycles. The molecule has 1 aliphatic heterocycles. The number of rotatable bonds is 4. The smallest absolute Gasteiger partial charge is 0.159 e. The van der Waals surface area contributed by atoms with Crippen LogP contribution in [0.2, 0.25) is 0 Å². The zero-order valence-electron chi connectivity index (χ0n) is 16.1. The van der Waals surface area contributed by atoms with Crippen LogP contribution in [0.4, 0.5) is 8.78 Å². The summed E-state index contributed by atoms with van der Waals surface area (Å²) in [4.78, 5) is 11.6. The monoisotopic (exact) mass is 403 g/mol. The number of benzene rings is 2. The maximum absolute atomic E-state index is 13.6.